The first kappa shape index (κ1) is 13.2. The van der Waals surface area contributed by atoms with E-state index in [9.17, 15) is 0 Å². The van der Waals surface area contributed by atoms with Gasteiger partial charge in [-0.15, -0.1) is 0 Å². The molecule has 2 saturated carbocycles. The summed E-state index contributed by atoms with van der Waals surface area (Å²) in [5.74, 6) is 2.10. The highest BCUT2D eigenvalue weighted by Gasteiger charge is 2.34. The fraction of sp³-hybridized carbons (Fsp3) is 0.812. The van der Waals surface area contributed by atoms with Crippen molar-refractivity contribution < 1.29 is 0 Å². The van der Waals surface area contributed by atoms with Crippen molar-refractivity contribution in [3.63, 3.8) is 0 Å². The Kier molecular flexibility index (Phi) is 3.92. The van der Waals surface area contributed by atoms with E-state index in [1.54, 1.807) is 0 Å². The second-order valence-corrected chi connectivity index (χ2v) is 6.47. The standard InChI is InChI=1S/C16H27N3/c1-3-16-14(11-19(2)18-16)10-17-15-6-4-5-13(9-15)12-7-8-12/h11-13,15,17H,3-10H2,1-2H3. The molecular formula is C16H27N3. The van der Waals surface area contributed by atoms with Crippen molar-refractivity contribution in [1.29, 1.82) is 0 Å². The van der Waals surface area contributed by atoms with Crippen LogP contribution in [0.4, 0.5) is 0 Å². The molecule has 2 aliphatic carbocycles. The first-order valence-corrected chi connectivity index (χ1v) is 8.01. The zero-order valence-electron chi connectivity index (χ0n) is 12.4. The third-order valence-electron chi connectivity index (χ3n) is 4.91. The maximum absolute atomic E-state index is 4.52. The largest absolute Gasteiger partial charge is 0.310 e. The quantitative estimate of drug-likeness (QED) is 0.883. The Bertz CT molecular complexity index is 420. The van der Waals surface area contributed by atoms with Crippen LogP contribution in [0.25, 0.3) is 0 Å². The minimum atomic E-state index is 0.740. The molecule has 0 amide bonds. The molecule has 106 valence electrons. The average Bonchev–Trinajstić information content (AvgIpc) is 3.21. The molecule has 0 saturated heterocycles. The van der Waals surface area contributed by atoms with Crippen LogP contribution >= 0.6 is 0 Å². The summed E-state index contributed by atoms with van der Waals surface area (Å²) in [6.07, 6.45) is 11.9. The van der Waals surface area contributed by atoms with Gasteiger partial charge in [-0.05, 0) is 43.9 Å². The van der Waals surface area contributed by atoms with Crippen molar-refractivity contribution in [2.45, 2.75) is 64.5 Å². The highest BCUT2D eigenvalue weighted by molar-refractivity contribution is 5.16. The molecule has 0 spiro atoms. The molecule has 3 heteroatoms. The molecule has 19 heavy (non-hydrogen) atoms. The zero-order chi connectivity index (χ0) is 13.2. The van der Waals surface area contributed by atoms with Gasteiger partial charge >= 0.3 is 0 Å². The minimum Gasteiger partial charge on any atom is -0.310 e. The molecule has 1 aromatic rings. The number of rotatable bonds is 5. The lowest BCUT2D eigenvalue weighted by Gasteiger charge is -2.30. The maximum atomic E-state index is 4.52. The zero-order valence-corrected chi connectivity index (χ0v) is 12.4. The van der Waals surface area contributed by atoms with E-state index in [2.05, 4.69) is 23.5 Å². The van der Waals surface area contributed by atoms with E-state index in [0.717, 1.165) is 30.8 Å². The molecule has 2 aliphatic rings. The first-order chi connectivity index (χ1) is 9.26. The normalized spacial score (nSPS) is 27.7. The molecule has 3 rings (SSSR count). The number of nitrogens with zero attached hydrogens (tertiary/aromatic N) is 2. The van der Waals surface area contributed by atoms with Crippen LogP contribution in [0.2, 0.25) is 0 Å². The lowest BCUT2D eigenvalue weighted by Crippen LogP contribution is -2.34. The SMILES string of the molecule is CCc1nn(C)cc1CNC1CCCC(C2CC2)C1. The molecule has 1 aromatic heterocycles. The van der Waals surface area contributed by atoms with Gasteiger partial charge < -0.3 is 5.32 Å². The van der Waals surface area contributed by atoms with Crippen molar-refractivity contribution >= 4 is 0 Å². The highest BCUT2D eigenvalue weighted by atomic mass is 15.3. The molecule has 0 radical (unpaired) electrons. The summed E-state index contributed by atoms with van der Waals surface area (Å²) in [6, 6.07) is 0.740. The van der Waals surface area contributed by atoms with Gasteiger partial charge in [0.2, 0.25) is 0 Å². The third-order valence-corrected chi connectivity index (χ3v) is 4.91. The Morgan fingerprint density at radius 2 is 2.11 bits per heavy atom. The van der Waals surface area contributed by atoms with Gasteiger partial charge in [0.15, 0.2) is 0 Å². The summed E-state index contributed by atoms with van der Waals surface area (Å²) in [4.78, 5) is 0. The summed E-state index contributed by atoms with van der Waals surface area (Å²) in [5.41, 5.74) is 2.64. The second-order valence-electron chi connectivity index (χ2n) is 6.47. The summed E-state index contributed by atoms with van der Waals surface area (Å²) >= 11 is 0. The molecular weight excluding hydrogens is 234 g/mol. The molecule has 0 aromatic carbocycles. The Morgan fingerprint density at radius 3 is 2.84 bits per heavy atom. The second kappa shape index (κ2) is 5.66. The van der Waals surface area contributed by atoms with E-state index >= 15 is 0 Å². The lowest BCUT2D eigenvalue weighted by molar-refractivity contribution is 0.260. The van der Waals surface area contributed by atoms with Gasteiger partial charge in [-0.25, -0.2) is 0 Å². The average molecular weight is 261 g/mol. The molecule has 3 nitrogen and oxygen atoms in total. The Morgan fingerprint density at radius 1 is 1.26 bits per heavy atom. The predicted octanol–water partition coefficient (Wildman–Crippen LogP) is 3.04. The van der Waals surface area contributed by atoms with Crippen molar-refractivity contribution in [1.82, 2.24) is 15.1 Å². The van der Waals surface area contributed by atoms with Crippen LogP contribution < -0.4 is 5.32 Å². The van der Waals surface area contributed by atoms with Crippen LogP contribution in [0.15, 0.2) is 6.20 Å². The maximum Gasteiger partial charge on any atom is 0.0666 e. The van der Waals surface area contributed by atoms with Gasteiger partial charge in [0, 0.05) is 31.4 Å². The molecule has 1 N–H and O–H groups in total. The third kappa shape index (κ3) is 3.19. The molecule has 2 atom stereocenters. The van der Waals surface area contributed by atoms with E-state index in [-0.39, 0.29) is 0 Å². The molecule has 0 bridgehead atoms. The van der Waals surface area contributed by atoms with Crippen LogP contribution in [-0.2, 0) is 20.0 Å². The van der Waals surface area contributed by atoms with Crippen molar-refractivity contribution in [2.24, 2.45) is 18.9 Å². The van der Waals surface area contributed by atoms with E-state index in [1.165, 1.54) is 49.8 Å². The van der Waals surface area contributed by atoms with Crippen molar-refractivity contribution in [3.05, 3.63) is 17.5 Å². The highest BCUT2D eigenvalue weighted by Crippen LogP contribution is 2.43. The number of hydrogen-bond donors (Lipinski definition) is 1. The van der Waals surface area contributed by atoms with E-state index in [1.807, 2.05) is 11.7 Å². The van der Waals surface area contributed by atoms with Crippen molar-refractivity contribution in [2.75, 3.05) is 0 Å². The number of aryl methyl sites for hydroxylation is 2. The molecule has 0 aliphatic heterocycles. The Labute approximate surface area is 116 Å². The van der Waals surface area contributed by atoms with E-state index in [4.69, 9.17) is 0 Å². The Hall–Kier alpha value is -0.830. The van der Waals surface area contributed by atoms with E-state index in [0.29, 0.717) is 0 Å². The monoisotopic (exact) mass is 261 g/mol. The Balaban J connectivity index is 1.53. The van der Waals surface area contributed by atoms with Gasteiger partial charge in [0.1, 0.15) is 0 Å². The van der Waals surface area contributed by atoms with E-state index < -0.39 is 0 Å². The van der Waals surface area contributed by atoms with Gasteiger partial charge in [-0.1, -0.05) is 19.8 Å². The van der Waals surface area contributed by atoms with Crippen LogP contribution in [0.3, 0.4) is 0 Å². The van der Waals surface area contributed by atoms with Gasteiger partial charge in [-0.3, -0.25) is 4.68 Å². The smallest absolute Gasteiger partial charge is 0.0666 e. The predicted molar refractivity (Wildman–Crippen MR) is 77.9 cm³/mol. The van der Waals surface area contributed by atoms with Crippen molar-refractivity contribution in [3.8, 4) is 0 Å². The number of hydrogen-bond acceptors (Lipinski definition) is 2. The molecule has 2 fully saturated rings. The summed E-state index contributed by atoms with van der Waals surface area (Å²) in [7, 11) is 2.02. The first-order valence-electron chi connectivity index (χ1n) is 8.01. The molecule has 2 unspecified atom stereocenters. The summed E-state index contributed by atoms with van der Waals surface area (Å²) in [6.45, 7) is 3.19. The van der Waals surface area contributed by atoms with Crippen LogP contribution in [-0.4, -0.2) is 15.8 Å². The van der Waals surface area contributed by atoms with Crippen LogP contribution in [0.5, 0.6) is 0 Å². The van der Waals surface area contributed by atoms with Crippen LogP contribution in [0, 0.1) is 11.8 Å². The van der Waals surface area contributed by atoms with Crippen LogP contribution in [0.1, 0.15) is 56.7 Å². The summed E-state index contributed by atoms with van der Waals surface area (Å²) in [5, 5.41) is 8.31. The fourth-order valence-corrected chi connectivity index (χ4v) is 3.69. The summed E-state index contributed by atoms with van der Waals surface area (Å²) < 4.78 is 1.95. The number of nitrogens with one attached hydrogen (secondary N) is 1. The fourth-order valence-electron chi connectivity index (χ4n) is 3.69. The van der Waals surface area contributed by atoms with Gasteiger partial charge in [0.05, 0.1) is 5.69 Å². The van der Waals surface area contributed by atoms with Gasteiger partial charge in [-0.2, -0.15) is 5.10 Å². The topological polar surface area (TPSA) is 29.9 Å². The molecule has 1 heterocycles. The van der Waals surface area contributed by atoms with Gasteiger partial charge in [0.25, 0.3) is 0 Å². The minimum absolute atomic E-state index is 0.740. The number of aromatic nitrogens is 2. The lowest BCUT2D eigenvalue weighted by atomic mass is 9.82.